The van der Waals surface area contributed by atoms with Crippen LogP contribution in [0, 0.1) is 11.3 Å². The number of thioether (sulfide) groups is 1. The highest BCUT2D eigenvalue weighted by Crippen LogP contribution is 2.39. The molecule has 1 aliphatic heterocycles. The van der Waals surface area contributed by atoms with Crippen LogP contribution in [0.5, 0.6) is 11.5 Å². The largest absolute Gasteiger partial charge is 0.493 e. The van der Waals surface area contributed by atoms with Crippen LogP contribution < -0.4 is 20.1 Å². The molecule has 2 N–H and O–H groups in total. The summed E-state index contributed by atoms with van der Waals surface area (Å²) in [5, 5.41) is 15.9. The Kier molecular flexibility index (Phi) is 8.27. The summed E-state index contributed by atoms with van der Waals surface area (Å²) in [6, 6.07) is 26.6. The van der Waals surface area contributed by atoms with E-state index in [2.05, 4.69) is 16.7 Å². The summed E-state index contributed by atoms with van der Waals surface area (Å²) in [5.41, 5.74) is 2.88. The van der Waals surface area contributed by atoms with E-state index in [0.29, 0.717) is 34.4 Å². The van der Waals surface area contributed by atoms with Gasteiger partial charge in [0.1, 0.15) is 6.61 Å². The number of nitrogens with zero attached hydrogens (tertiary/aromatic N) is 1. The second kappa shape index (κ2) is 12.0. The zero-order chi connectivity index (χ0) is 25.3. The molecule has 0 saturated carbocycles. The van der Waals surface area contributed by atoms with Crippen LogP contribution in [0.3, 0.4) is 0 Å². The van der Waals surface area contributed by atoms with Crippen LogP contribution in [0.2, 0.25) is 0 Å². The molecular weight excluding hydrogens is 474 g/mol. The van der Waals surface area contributed by atoms with Crippen molar-refractivity contribution in [2.75, 3.05) is 18.2 Å². The lowest BCUT2D eigenvalue weighted by Gasteiger charge is -2.25. The van der Waals surface area contributed by atoms with E-state index < -0.39 is 5.92 Å². The third-order valence-electron chi connectivity index (χ3n) is 5.59. The molecule has 0 radical (unpaired) electrons. The Bertz CT molecular complexity index is 1300. The van der Waals surface area contributed by atoms with Gasteiger partial charge in [-0.2, -0.15) is 5.26 Å². The average molecular weight is 500 g/mol. The fraction of sp³-hybridized carbons (Fsp3) is 0.179. The Morgan fingerprint density at radius 1 is 1.08 bits per heavy atom. The van der Waals surface area contributed by atoms with Crippen LogP contribution in [0.25, 0.3) is 0 Å². The monoisotopic (exact) mass is 499 g/mol. The van der Waals surface area contributed by atoms with E-state index in [-0.39, 0.29) is 24.0 Å². The predicted octanol–water partition coefficient (Wildman–Crippen LogP) is 4.98. The molecule has 1 aliphatic rings. The highest BCUT2D eigenvalue weighted by molar-refractivity contribution is 8.03. The molecule has 3 aromatic rings. The Morgan fingerprint density at radius 3 is 2.50 bits per heavy atom. The zero-order valence-corrected chi connectivity index (χ0v) is 20.5. The van der Waals surface area contributed by atoms with Gasteiger partial charge in [0.25, 0.3) is 0 Å². The van der Waals surface area contributed by atoms with Gasteiger partial charge in [0, 0.05) is 18.0 Å². The fourth-order valence-electron chi connectivity index (χ4n) is 3.83. The van der Waals surface area contributed by atoms with Gasteiger partial charge in [-0.3, -0.25) is 9.59 Å². The van der Waals surface area contributed by atoms with Crippen molar-refractivity contribution < 1.29 is 19.1 Å². The van der Waals surface area contributed by atoms with Crippen LogP contribution in [0.4, 0.5) is 5.69 Å². The van der Waals surface area contributed by atoms with Crippen molar-refractivity contribution in [3.63, 3.8) is 0 Å². The van der Waals surface area contributed by atoms with Crippen molar-refractivity contribution in [3.05, 3.63) is 101 Å². The number of carbonyl (C=O) groups is 2. The van der Waals surface area contributed by atoms with Crippen LogP contribution in [-0.2, 0) is 16.2 Å². The minimum Gasteiger partial charge on any atom is -0.493 e. The van der Waals surface area contributed by atoms with Crippen molar-refractivity contribution in [1.29, 1.82) is 5.26 Å². The molecule has 0 spiro atoms. The highest BCUT2D eigenvalue weighted by Gasteiger charge is 2.30. The Labute approximate surface area is 214 Å². The van der Waals surface area contributed by atoms with E-state index in [0.717, 1.165) is 22.9 Å². The lowest BCUT2D eigenvalue weighted by Crippen LogP contribution is -2.31. The number of anilines is 1. The summed E-state index contributed by atoms with van der Waals surface area (Å²) in [4.78, 5) is 24.9. The Hall–Kier alpha value is -4.22. The smallest absolute Gasteiger partial charge is 0.234 e. The molecule has 0 fully saturated rings. The summed E-state index contributed by atoms with van der Waals surface area (Å²) in [6.07, 6.45) is 0.122. The molecule has 2 amide bonds. The SMILES string of the molecule is COc1cc(C2CC(=O)NC(SCC(=O)Nc3ccccc3)=C2C#N)ccc1OCc1ccccc1. The van der Waals surface area contributed by atoms with E-state index in [1.54, 1.807) is 31.4 Å². The predicted molar refractivity (Wildman–Crippen MR) is 139 cm³/mol. The number of amides is 2. The number of nitriles is 1. The van der Waals surface area contributed by atoms with Crippen LogP contribution in [0.1, 0.15) is 23.5 Å². The summed E-state index contributed by atoms with van der Waals surface area (Å²) in [6.45, 7) is 0.386. The quantitative estimate of drug-likeness (QED) is 0.431. The zero-order valence-electron chi connectivity index (χ0n) is 19.7. The molecule has 0 bridgehead atoms. The van der Waals surface area contributed by atoms with E-state index in [4.69, 9.17) is 9.47 Å². The van der Waals surface area contributed by atoms with Crippen LogP contribution in [0.15, 0.2) is 89.5 Å². The van der Waals surface area contributed by atoms with Gasteiger partial charge in [0.05, 0.1) is 29.5 Å². The molecule has 1 heterocycles. The van der Waals surface area contributed by atoms with Crippen molar-refractivity contribution in [3.8, 4) is 17.6 Å². The standard InChI is InChI=1S/C28H25N3O4S/c1-34-25-14-20(12-13-24(25)35-17-19-8-4-2-5-9-19)22-15-26(32)31-28(23(22)16-29)36-18-27(33)30-21-10-6-3-7-11-21/h2-14,22H,15,17-18H2,1H3,(H,30,33)(H,31,32). The maximum absolute atomic E-state index is 12.5. The molecule has 1 atom stereocenters. The second-order valence-corrected chi connectivity index (χ2v) is 9.03. The number of nitrogens with one attached hydrogen (secondary N) is 2. The summed E-state index contributed by atoms with van der Waals surface area (Å²) < 4.78 is 11.5. The molecule has 182 valence electrons. The van der Waals surface area contributed by atoms with Gasteiger partial charge in [-0.1, -0.05) is 66.4 Å². The number of carbonyl (C=O) groups excluding carboxylic acids is 2. The maximum atomic E-state index is 12.5. The first-order chi connectivity index (χ1) is 17.6. The third kappa shape index (κ3) is 6.26. The summed E-state index contributed by atoms with van der Waals surface area (Å²) >= 11 is 1.14. The van der Waals surface area contributed by atoms with E-state index >= 15 is 0 Å². The Balaban J connectivity index is 1.50. The molecule has 0 saturated heterocycles. The van der Waals surface area contributed by atoms with Crippen molar-refractivity contribution in [1.82, 2.24) is 5.32 Å². The molecule has 1 unspecified atom stereocenters. The highest BCUT2D eigenvalue weighted by atomic mass is 32.2. The number of allylic oxidation sites excluding steroid dienone is 1. The fourth-order valence-corrected chi connectivity index (χ4v) is 4.71. The molecule has 0 aromatic heterocycles. The van der Waals surface area contributed by atoms with Gasteiger partial charge in [0.2, 0.25) is 11.8 Å². The maximum Gasteiger partial charge on any atom is 0.234 e. The normalized spacial score (nSPS) is 15.0. The van der Waals surface area contributed by atoms with Crippen molar-refractivity contribution in [2.45, 2.75) is 18.9 Å². The number of methoxy groups -OCH3 is 1. The van der Waals surface area contributed by atoms with Gasteiger partial charge in [-0.15, -0.1) is 0 Å². The molecular formula is C28H25N3O4S. The minimum absolute atomic E-state index is 0.0536. The van der Waals surface area contributed by atoms with Crippen LogP contribution in [-0.4, -0.2) is 24.7 Å². The molecule has 36 heavy (non-hydrogen) atoms. The van der Waals surface area contributed by atoms with E-state index in [1.165, 1.54) is 0 Å². The van der Waals surface area contributed by atoms with Gasteiger partial charge in [-0.05, 0) is 35.4 Å². The number of para-hydroxylation sites is 1. The van der Waals surface area contributed by atoms with Crippen molar-refractivity contribution >= 4 is 29.3 Å². The molecule has 7 nitrogen and oxygen atoms in total. The molecule has 0 aliphatic carbocycles. The lowest BCUT2D eigenvalue weighted by atomic mass is 9.87. The van der Waals surface area contributed by atoms with Gasteiger partial charge < -0.3 is 20.1 Å². The lowest BCUT2D eigenvalue weighted by molar-refractivity contribution is -0.121. The van der Waals surface area contributed by atoms with Gasteiger partial charge in [-0.25, -0.2) is 0 Å². The molecule has 3 aromatic carbocycles. The van der Waals surface area contributed by atoms with E-state index in [9.17, 15) is 14.9 Å². The number of rotatable bonds is 9. The average Bonchev–Trinajstić information content (AvgIpc) is 2.91. The molecule has 4 rings (SSSR count). The first-order valence-electron chi connectivity index (χ1n) is 11.3. The summed E-state index contributed by atoms with van der Waals surface area (Å²) in [7, 11) is 1.55. The van der Waals surface area contributed by atoms with Gasteiger partial charge >= 0.3 is 0 Å². The second-order valence-electron chi connectivity index (χ2n) is 8.05. The number of hydrogen-bond donors (Lipinski definition) is 2. The number of benzene rings is 3. The van der Waals surface area contributed by atoms with Crippen LogP contribution >= 0.6 is 11.8 Å². The minimum atomic E-state index is -0.458. The third-order valence-corrected chi connectivity index (χ3v) is 6.61. The number of ether oxygens (including phenoxy) is 2. The van der Waals surface area contributed by atoms with Gasteiger partial charge in [0.15, 0.2) is 11.5 Å². The number of hydrogen-bond acceptors (Lipinski definition) is 6. The van der Waals surface area contributed by atoms with Crippen molar-refractivity contribution in [2.24, 2.45) is 0 Å². The first-order valence-corrected chi connectivity index (χ1v) is 12.3. The summed E-state index contributed by atoms with van der Waals surface area (Å²) in [5.74, 6) is 0.240. The van der Waals surface area contributed by atoms with E-state index in [1.807, 2.05) is 54.6 Å². The molecule has 8 heteroatoms. The topological polar surface area (TPSA) is 100 Å². The Morgan fingerprint density at radius 2 is 1.81 bits per heavy atom. The first kappa shape index (κ1) is 24.9.